The zero-order chi connectivity index (χ0) is 13.2. The van der Waals surface area contributed by atoms with Gasteiger partial charge in [0.1, 0.15) is 0 Å². The molecule has 0 saturated carbocycles. The average molecular weight is 259 g/mol. The van der Waals surface area contributed by atoms with Gasteiger partial charge < -0.3 is 10.4 Å². The molecule has 1 aliphatic carbocycles. The number of hydrogen-bond acceptors (Lipinski definition) is 2. The molecule has 2 atom stereocenters. The highest BCUT2D eigenvalue weighted by atomic mass is 16.4. The van der Waals surface area contributed by atoms with Gasteiger partial charge in [-0.2, -0.15) is 0 Å². The molecule has 0 bridgehead atoms. The molecule has 2 N–H and O–H groups in total. The highest BCUT2D eigenvalue weighted by Crippen LogP contribution is 2.30. The van der Waals surface area contributed by atoms with Crippen molar-refractivity contribution in [1.29, 1.82) is 0 Å². The fourth-order valence-corrected chi connectivity index (χ4v) is 3.32. The Labute approximate surface area is 114 Å². The molecule has 19 heavy (non-hydrogen) atoms. The fourth-order valence-electron chi connectivity index (χ4n) is 3.32. The second-order valence-electron chi connectivity index (χ2n) is 5.82. The van der Waals surface area contributed by atoms with Crippen molar-refractivity contribution in [3.05, 3.63) is 34.9 Å². The van der Waals surface area contributed by atoms with E-state index in [0.29, 0.717) is 13.0 Å². The Morgan fingerprint density at radius 1 is 1.16 bits per heavy atom. The minimum atomic E-state index is -0.676. The van der Waals surface area contributed by atoms with Gasteiger partial charge in [-0.1, -0.05) is 24.6 Å². The minimum Gasteiger partial charge on any atom is -0.481 e. The van der Waals surface area contributed by atoms with Gasteiger partial charge in [-0.3, -0.25) is 4.79 Å². The SMILES string of the molecule is O=C(O)C1CNC(c2ccc3c(c2)CCCCC3)C1. The zero-order valence-electron chi connectivity index (χ0n) is 11.2. The number of carboxylic acids is 1. The van der Waals surface area contributed by atoms with Crippen molar-refractivity contribution in [2.45, 2.75) is 44.6 Å². The van der Waals surface area contributed by atoms with Crippen LogP contribution in [0.4, 0.5) is 0 Å². The van der Waals surface area contributed by atoms with Gasteiger partial charge in [-0.05, 0) is 48.8 Å². The van der Waals surface area contributed by atoms with Gasteiger partial charge in [0.05, 0.1) is 5.92 Å². The van der Waals surface area contributed by atoms with Crippen molar-refractivity contribution in [1.82, 2.24) is 5.32 Å². The predicted octanol–water partition coefficient (Wildman–Crippen LogP) is 2.69. The van der Waals surface area contributed by atoms with Gasteiger partial charge in [0.25, 0.3) is 0 Å². The van der Waals surface area contributed by atoms with Crippen LogP contribution in [0.2, 0.25) is 0 Å². The van der Waals surface area contributed by atoms with E-state index in [-0.39, 0.29) is 12.0 Å². The number of benzene rings is 1. The molecule has 1 aromatic rings. The first-order valence-electron chi connectivity index (χ1n) is 7.32. The van der Waals surface area contributed by atoms with Gasteiger partial charge in [-0.15, -0.1) is 0 Å². The van der Waals surface area contributed by atoms with Crippen LogP contribution in [0.3, 0.4) is 0 Å². The minimum absolute atomic E-state index is 0.217. The molecular formula is C16H21NO2. The summed E-state index contributed by atoms with van der Waals surface area (Å²) in [6.45, 7) is 0.594. The molecule has 3 heteroatoms. The van der Waals surface area contributed by atoms with Crippen molar-refractivity contribution < 1.29 is 9.90 Å². The molecule has 1 saturated heterocycles. The monoisotopic (exact) mass is 259 g/mol. The number of nitrogens with one attached hydrogen (secondary N) is 1. The van der Waals surface area contributed by atoms with Gasteiger partial charge in [-0.25, -0.2) is 0 Å². The van der Waals surface area contributed by atoms with Crippen LogP contribution in [0, 0.1) is 5.92 Å². The maximum atomic E-state index is 11.0. The van der Waals surface area contributed by atoms with E-state index in [4.69, 9.17) is 5.11 Å². The van der Waals surface area contributed by atoms with Crippen LogP contribution < -0.4 is 5.32 Å². The van der Waals surface area contributed by atoms with Crippen LogP contribution in [0.1, 0.15) is 48.4 Å². The summed E-state index contributed by atoms with van der Waals surface area (Å²) >= 11 is 0. The molecular weight excluding hydrogens is 238 g/mol. The molecule has 102 valence electrons. The van der Waals surface area contributed by atoms with Crippen LogP contribution in [0.5, 0.6) is 0 Å². The molecule has 0 spiro atoms. The Morgan fingerprint density at radius 3 is 2.68 bits per heavy atom. The summed E-state index contributed by atoms with van der Waals surface area (Å²) in [5, 5.41) is 12.4. The summed E-state index contributed by atoms with van der Waals surface area (Å²) in [5.41, 5.74) is 4.24. The lowest BCUT2D eigenvalue weighted by atomic mass is 9.94. The Morgan fingerprint density at radius 2 is 1.95 bits per heavy atom. The van der Waals surface area contributed by atoms with Gasteiger partial charge in [0.15, 0.2) is 0 Å². The topological polar surface area (TPSA) is 49.3 Å². The van der Waals surface area contributed by atoms with E-state index in [9.17, 15) is 4.79 Å². The Hall–Kier alpha value is -1.35. The standard InChI is InChI=1S/C16H21NO2/c18-16(19)14-9-15(17-10-14)13-7-6-11-4-2-1-3-5-12(11)8-13/h6-8,14-15,17H,1-5,9-10H2,(H,18,19). The normalized spacial score (nSPS) is 26.7. The summed E-state index contributed by atoms with van der Waals surface area (Å²) in [6.07, 6.45) is 7.01. The Bertz CT molecular complexity index is 484. The number of rotatable bonds is 2. The van der Waals surface area contributed by atoms with E-state index in [1.54, 1.807) is 0 Å². The third-order valence-corrected chi connectivity index (χ3v) is 4.51. The second-order valence-corrected chi connectivity index (χ2v) is 5.82. The van der Waals surface area contributed by atoms with Crippen molar-refractivity contribution in [2.24, 2.45) is 5.92 Å². The van der Waals surface area contributed by atoms with E-state index in [1.165, 1.54) is 48.8 Å². The average Bonchev–Trinajstić information content (AvgIpc) is 2.78. The number of fused-ring (bicyclic) bond motifs is 1. The molecule has 1 aliphatic heterocycles. The molecule has 1 fully saturated rings. The summed E-state index contributed by atoms with van der Waals surface area (Å²) in [6, 6.07) is 6.97. The quantitative estimate of drug-likeness (QED) is 0.803. The highest BCUT2D eigenvalue weighted by Gasteiger charge is 2.30. The summed E-state index contributed by atoms with van der Waals surface area (Å²) in [5.74, 6) is -0.909. The van der Waals surface area contributed by atoms with E-state index in [1.807, 2.05) is 0 Å². The van der Waals surface area contributed by atoms with E-state index >= 15 is 0 Å². The van der Waals surface area contributed by atoms with Gasteiger partial charge in [0.2, 0.25) is 0 Å². The largest absolute Gasteiger partial charge is 0.481 e. The number of aliphatic carboxylic acids is 1. The summed E-state index contributed by atoms with van der Waals surface area (Å²) < 4.78 is 0. The molecule has 0 aromatic heterocycles. The summed E-state index contributed by atoms with van der Waals surface area (Å²) in [7, 11) is 0. The maximum Gasteiger partial charge on any atom is 0.307 e. The lowest BCUT2D eigenvalue weighted by molar-refractivity contribution is -0.141. The van der Waals surface area contributed by atoms with Crippen LogP contribution in [-0.2, 0) is 17.6 Å². The Balaban J connectivity index is 1.79. The first-order valence-corrected chi connectivity index (χ1v) is 7.32. The smallest absolute Gasteiger partial charge is 0.307 e. The van der Waals surface area contributed by atoms with Crippen molar-refractivity contribution in [3.63, 3.8) is 0 Å². The lowest BCUT2D eigenvalue weighted by Gasteiger charge is -2.14. The van der Waals surface area contributed by atoms with E-state index in [2.05, 4.69) is 23.5 Å². The molecule has 3 rings (SSSR count). The molecule has 2 aliphatic rings. The number of carbonyl (C=O) groups is 1. The van der Waals surface area contributed by atoms with E-state index in [0.717, 1.165) is 0 Å². The molecule has 1 aromatic carbocycles. The van der Waals surface area contributed by atoms with Gasteiger partial charge in [0, 0.05) is 12.6 Å². The predicted molar refractivity (Wildman–Crippen MR) is 74.2 cm³/mol. The van der Waals surface area contributed by atoms with Crippen LogP contribution >= 0.6 is 0 Å². The third-order valence-electron chi connectivity index (χ3n) is 4.51. The highest BCUT2D eigenvalue weighted by molar-refractivity contribution is 5.70. The molecule has 0 radical (unpaired) electrons. The van der Waals surface area contributed by atoms with Crippen molar-refractivity contribution in [3.8, 4) is 0 Å². The zero-order valence-corrected chi connectivity index (χ0v) is 11.2. The molecule has 0 amide bonds. The van der Waals surface area contributed by atoms with Crippen molar-refractivity contribution >= 4 is 5.97 Å². The number of carboxylic acid groups (broad SMARTS) is 1. The fraction of sp³-hybridized carbons (Fsp3) is 0.562. The number of aryl methyl sites for hydroxylation is 2. The van der Waals surface area contributed by atoms with Crippen molar-refractivity contribution in [2.75, 3.05) is 6.54 Å². The molecule has 1 heterocycles. The first-order chi connectivity index (χ1) is 9.24. The molecule has 3 nitrogen and oxygen atoms in total. The van der Waals surface area contributed by atoms with Crippen LogP contribution in [0.25, 0.3) is 0 Å². The Kier molecular flexibility index (Phi) is 3.56. The second kappa shape index (κ2) is 5.33. The third kappa shape index (κ3) is 2.66. The van der Waals surface area contributed by atoms with Crippen LogP contribution in [0.15, 0.2) is 18.2 Å². The van der Waals surface area contributed by atoms with E-state index < -0.39 is 5.97 Å². The van der Waals surface area contributed by atoms with Crippen LogP contribution in [-0.4, -0.2) is 17.6 Å². The van der Waals surface area contributed by atoms with Gasteiger partial charge >= 0.3 is 5.97 Å². The summed E-state index contributed by atoms with van der Waals surface area (Å²) in [4.78, 5) is 11.0. The lowest BCUT2D eigenvalue weighted by Crippen LogP contribution is -2.17. The first kappa shape index (κ1) is 12.7. The maximum absolute atomic E-state index is 11.0. The molecule has 2 unspecified atom stereocenters. The number of hydrogen-bond donors (Lipinski definition) is 2.